The van der Waals surface area contributed by atoms with Gasteiger partial charge in [-0.1, -0.05) is 45.7 Å². The van der Waals surface area contributed by atoms with Gasteiger partial charge in [0, 0.05) is 30.7 Å². The van der Waals surface area contributed by atoms with Crippen molar-refractivity contribution in [1.29, 1.82) is 0 Å². The van der Waals surface area contributed by atoms with Gasteiger partial charge >= 0.3 is 5.97 Å². The quantitative estimate of drug-likeness (QED) is 0.325. The Morgan fingerprint density at radius 2 is 1.79 bits per heavy atom. The molecule has 0 heterocycles. The predicted octanol–water partition coefficient (Wildman–Crippen LogP) is 5.34. The van der Waals surface area contributed by atoms with Gasteiger partial charge in [0.25, 0.3) is 0 Å². The molecule has 0 fully saturated rings. The number of hydrogen-bond donors (Lipinski definition) is 1. The molecule has 0 saturated carbocycles. The van der Waals surface area contributed by atoms with Gasteiger partial charge in [-0.15, -0.1) is 0 Å². The Hall–Kier alpha value is -2.63. The molecule has 1 aliphatic rings. The first-order valence-electron chi connectivity index (χ1n) is 12.4. The fourth-order valence-corrected chi connectivity index (χ4v) is 5.08. The first-order chi connectivity index (χ1) is 16.1. The van der Waals surface area contributed by atoms with Gasteiger partial charge in [0.1, 0.15) is 17.9 Å². The summed E-state index contributed by atoms with van der Waals surface area (Å²) >= 11 is 0. The van der Waals surface area contributed by atoms with Crippen LogP contribution >= 0.6 is 0 Å². The number of aliphatic carboxylic acids is 1. The normalized spacial score (nSPS) is 16.5. The van der Waals surface area contributed by atoms with Crippen LogP contribution in [0, 0.1) is 24.7 Å². The van der Waals surface area contributed by atoms with Crippen molar-refractivity contribution in [3.63, 3.8) is 0 Å². The minimum Gasteiger partial charge on any atom is -0.481 e. The smallest absolute Gasteiger partial charge is 0.303 e. The molecule has 0 bridgehead atoms. The second-order valence-electron chi connectivity index (χ2n) is 9.34. The molecule has 0 aromatic heterocycles. The van der Waals surface area contributed by atoms with Crippen molar-refractivity contribution < 1.29 is 29.1 Å². The number of ketones is 3. The number of carboxylic acid groups (broad SMARTS) is 1. The maximum absolute atomic E-state index is 12.9. The number of carbonyl (C=O) groups is 5. The molecule has 34 heavy (non-hydrogen) atoms. The summed E-state index contributed by atoms with van der Waals surface area (Å²) in [6.07, 6.45) is 6.30. The third-order valence-corrected chi connectivity index (χ3v) is 6.67. The Balaban J connectivity index is 0.00000104. The number of aldehydes is 1. The monoisotopic (exact) mass is 472 g/mol. The standard InChI is InChI=1S/C25H34O4.C3H6O2/c1-5-7-20(22(6-2)23(28)12-16(3)27)13-18-14-21-9-8-19(10-11-26)17(4)25(21)24(29)15-18;1-2-3(4)5/h8-9,11,18,20,22H,5-7,10,12-15H2,1-4H3;2H2,1H3,(H,4,5). The molecule has 3 unspecified atom stereocenters. The van der Waals surface area contributed by atoms with Gasteiger partial charge in [0.05, 0.1) is 6.42 Å². The van der Waals surface area contributed by atoms with E-state index in [0.29, 0.717) is 12.8 Å². The minimum absolute atomic E-state index is 0.0177. The Morgan fingerprint density at radius 1 is 1.15 bits per heavy atom. The van der Waals surface area contributed by atoms with Crippen molar-refractivity contribution in [3.8, 4) is 0 Å². The summed E-state index contributed by atoms with van der Waals surface area (Å²) in [5, 5.41) is 7.72. The van der Waals surface area contributed by atoms with Crippen LogP contribution in [-0.4, -0.2) is 34.7 Å². The Kier molecular flexibility index (Phi) is 12.6. The number of hydrogen-bond acceptors (Lipinski definition) is 5. The number of rotatable bonds is 12. The lowest BCUT2D eigenvalue weighted by Gasteiger charge is -2.32. The SMILES string of the molecule is CCC(=O)O.CCCC(CC1CC(=O)c2c(ccc(CC=O)c2C)C1)C(CC)C(=O)CC(C)=O. The average Bonchev–Trinajstić information content (AvgIpc) is 2.76. The van der Waals surface area contributed by atoms with Crippen molar-refractivity contribution in [2.24, 2.45) is 17.8 Å². The average molecular weight is 473 g/mol. The van der Waals surface area contributed by atoms with Crippen molar-refractivity contribution >= 4 is 29.6 Å². The van der Waals surface area contributed by atoms with Crippen LogP contribution in [0.5, 0.6) is 0 Å². The zero-order valence-electron chi connectivity index (χ0n) is 21.3. The molecular weight excluding hydrogens is 432 g/mol. The van der Waals surface area contributed by atoms with Gasteiger partial charge in [-0.2, -0.15) is 0 Å². The molecular formula is C28H40O6. The molecule has 1 aromatic rings. The lowest BCUT2D eigenvalue weighted by Crippen LogP contribution is -2.30. The lowest BCUT2D eigenvalue weighted by atomic mass is 9.72. The van der Waals surface area contributed by atoms with Crippen LogP contribution in [-0.2, 0) is 32.0 Å². The summed E-state index contributed by atoms with van der Waals surface area (Å²) < 4.78 is 0. The van der Waals surface area contributed by atoms with Crippen molar-refractivity contribution in [2.45, 2.75) is 92.4 Å². The highest BCUT2D eigenvalue weighted by Crippen LogP contribution is 2.37. The van der Waals surface area contributed by atoms with Crippen LogP contribution < -0.4 is 0 Å². The first-order valence-corrected chi connectivity index (χ1v) is 12.4. The molecule has 2 rings (SSSR count). The highest BCUT2D eigenvalue weighted by Gasteiger charge is 2.33. The van der Waals surface area contributed by atoms with E-state index < -0.39 is 5.97 Å². The Bertz CT molecular complexity index is 885. The molecule has 1 aliphatic carbocycles. The van der Waals surface area contributed by atoms with Gasteiger partial charge in [0.15, 0.2) is 5.78 Å². The second-order valence-corrected chi connectivity index (χ2v) is 9.34. The van der Waals surface area contributed by atoms with Crippen LogP contribution in [0.4, 0.5) is 0 Å². The van der Waals surface area contributed by atoms with E-state index in [4.69, 9.17) is 5.11 Å². The van der Waals surface area contributed by atoms with Gasteiger partial charge in [-0.3, -0.25) is 19.2 Å². The zero-order chi connectivity index (χ0) is 25.8. The van der Waals surface area contributed by atoms with E-state index in [1.165, 1.54) is 6.92 Å². The van der Waals surface area contributed by atoms with Crippen LogP contribution in [0.25, 0.3) is 0 Å². The van der Waals surface area contributed by atoms with Crippen LogP contribution in [0.15, 0.2) is 12.1 Å². The van der Waals surface area contributed by atoms with Crippen LogP contribution in [0.2, 0.25) is 0 Å². The largest absolute Gasteiger partial charge is 0.481 e. The van der Waals surface area contributed by atoms with Crippen LogP contribution in [0.1, 0.15) is 99.7 Å². The molecule has 0 aliphatic heterocycles. The van der Waals surface area contributed by atoms with Crippen molar-refractivity contribution in [1.82, 2.24) is 0 Å². The van der Waals surface area contributed by atoms with Gasteiger partial charge in [-0.05, 0) is 61.6 Å². The van der Waals surface area contributed by atoms with E-state index >= 15 is 0 Å². The Morgan fingerprint density at radius 3 is 2.29 bits per heavy atom. The molecule has 0 radical (unpaired) electrons. The molecule has 6 heteroatoms. The summed E-state index contributed by atoms with van der Waals surface area (Å²) in [5.74, 6) is -0.284. The van der Waals surface area contributed by atoms with Gasteiger partial charge < -0.3 is 9.90 Å². The molecule has 0 saturated heterocycles. The molecule has 1 aromatic carbocycles. The predicted molar refractivity (Wildman–Crippen MR) is 132 cm³/mol. The molecule has 1 N–H and O–H groups in total. The van der Waals surface area contributed by atoms with E-state index in [-0.39, 0.29) is 47.9 Å². The van der Waals surface area contributed by atoms with Gasteiger partial charge in [0.2, 0.25) is 0 Å². The number of carboxylic acids is 1. The summed E-state index contributed by atoms with van der Waals surface area (Å²) in [7, 11) is 0. The number of benzene rings is 1. The van der Waals surface area contributed by atoms with Crippen molar-refractivity contribution in [2.75, 3.05) is 0 Å². The lowest BCUT2D eigenvalue weighted by molar-refractivity contribution is -0.136. The third kappa shape index (κ3) is 8.62. The zero-order valence-corrected chi connectivity index (χ0v) is 21.3. The second kappa shape index (κ2) is 14.6. The third-order valence-electron chi connectivity index (χ3n) is 6.67. The number of Topliss-reactive ketones (excluding diaryl/α,β-unsaturated/α-hetero) is 3. The van der Waals surface area contributed by atoms with Crippen LogP contribution in [0.3, 0.4) is 0 Å². The van der Waals surface area contributed by atoms with E-state index in [2.05, 4.69) is 6.92 Å². The molecule has 6 nitrogen and oxygen atoms in total. The fourth-order valence-electron chi connectivity index (χ4n) is 5.08. The maximum atomic E-state index is 12.9. The number of carbonyl (C=O) groups excluding carboxylic acids is 4. The Labute approximate surface area is 203 Å². The highest BCUT2D eigenvalue weighted by atomic mass is 16.4. The van der Waals surface area contributed by atoms with E-state index in [9.17, 15) is 24.0 Å². The van der Waals surface area contributed by atoms with E-state index in [1.807, 2.05) is 26.0 Å². The van der Waals surface area contributed by atoms with Gasteiger partial charge in [-0.25, -0.2) is 0 Å². The summed E-state index contributed by atoms with van der Waals surface area (Å²) in [6, 6.07) is 3.96. The van der Waals surface area contributed by atoms with Crippen molar-refractivity contribution in [3.05, 3.63) is 34.4 Å². The van der Waals surface area contributed by atoms with E-state index in [1.54, 1.807) is 6.92 Å². The topological polar surface area (TPSA) is 106 Å². The molecule has 3 atom stereocenters. The first kappa shape index (κ1) is 29.4. The molecule has 188 valence electrons. The molecule has 0 spiro atoms. The maximum Gasteiger partial charge on any atom is 0.303 e. The fraction of sp³-hybridized carbons (Fsp3) is 0.607. The number of fused-ring (bicyclic) bond motifs is 1. The summed E-state index contributed by atoms with van der Waals surface area (Å²) in [4.78, 5) is 57.3. The molecule has 0 amide bonds. The minimum atomic E-state index is -0.745. The highest BCUT2D eigenvalue weighted by molar-refractivity contribution is 6.00. The van der Waals surface area contributed by atoms with E-state index in [0.717, 1.165) is 60.6 Å². The summed E-state index contributed by atoms with van der Waals surface area (Å²) in [5.41, 5.74) is 3.73. The summed E-state index contributed by atoms with van der Waals surface area (Å²) in [6.45, 7) is 9.14.